The Morgan fingerprint density at radius 1 is 1.10 bits per heavy atom. The third kappa shape index (κ3) is 6.76. The van der Waals surface area contributed by atoms with E-state index in [9.17, 15) is 4.79 Å². The highest BCUT2D eigenvalue weighted by molar-refractivity contribution is 5.76. The third-order valence-electron chi connectivity index (χ3n) is 5.05. The second-order valence-corrected chi connectivity index (χ2v) is 8.42. The molecule has 3 aromatic rings. The van der Waals surface area contributed by atoms with E-state index < -0.39 is 0 Å². The van der Waals surface area contributed by atoms with Crippen molar-refractivity contribution in [2.45, 2.75) is 52.1 Å². The first kappa shape index (κ1) is 22.7. The number of aromatic nitrogens is 2. The fraction of sp³-hybridized carbons (Fsp3) is 0.400. The van der Waals surface area contributed by atoms with Gasteiger partial charge in [-0.3, -0.25) is 4.79 Å². The zero-order chi connectivity index (χ0) is 22.2. The second-order valence-electron chi connectivity index (χ2n) is 8.42. The molecule has 6 heteroatoms. The van der Waals surface area contributed by atoms with Crippen molar-refractivity contribution >= 4 is 5.91 Å². The van der Waals surface area contributed by atoms with Crippen molar-refractivity contribution in [3.8, 4) is 11.1 Å². The summed E-state index contributed by atoms with van der Waals surface area (Å²) < 4.78 is 5.24. The van der Waals surface area contributed by atoms with Crippen LogP contribution in [0.15, 0.2) is 53.1 Å². The molecule has 1 aromatic heterocycles. The summed E-state index contributed by atoms with van der Waals surface area (Å²) in [7, 11) is 4.13. The minimum absolute atomic E-state index is 0.0275. The van der Waals surface area contributed by atoms with Crippen molar-refractivity contribution in [1.29, 1.82) is 0 Å². The lowest BCUT2D eigenvalue weighted by atomic mass is 9.98. The molecule has 0 bridgehead atoms. The Balaban J connectivity index is 1.52. The molecule has 0 fully saturated rings. The predicted octanol–water partition coefficient (Wildman–Crippen LogP) is 4.56. The Kier molecular flexibility index (Phi) is 7.95. The minimum Gasteiger partial charge on any atom is -0.352 e. The monoisotopic (exact) mass is 420 g/mol. The highest BCUT2D eigenvalue weighted by Crippen LogP contribution is 2.24. The topological polar surface area (TPSA) is 71.3 Å². The summed E-state index contributed by atoms with van der Waals surface area (Å²) in [4.78, 5) is 18.8. The normalized spacial score (nSPS) is 11.3. The number of rotatable bonds is 10. The van der Waals surface area contributed by atoms with Crippen LogP contribution in [-0.4, -0.2) is 35.0 Å². The van der Waals surface area contributed by atoms with Crippen molar-refractivity contribution in [3.63, 3.8) is 0 Å². The van der Waals surface area contributed by atoms with Gasteiger partial charge in [0.25, 0.3) is 0 Å². The predicted molar refractivity (Wildman–Crippen MR) is 122 cm³/mol. The lowest BCUT2D eigenvalue weighted by Crippen LogP contribution is -2.22. The summed E-state index contributed by atoms with van der Waals surface area (Å²) in [5, 5.41) is 7.00. The minimum atomic E-state index is 0.0275. The van der Waals surface area contributed by atoms with Gasteiger partial charge in [0.1, 0.15) is 0 Å². The third-order valence-corrected chi connectivity index (χ3v) is 5.05. The Morgan fingerprint density at radius 3 is 2.52 bits per heavy atom. The molecule has 6 nitrogen and oxygen atoms in total. The molecule has 2 aromatic carbocycles. The van der Waals surface area contributed by atoms with Gasteiger partial charge >= 0.3 is 0 Å². The Hall–Kier alpha value is -2.99. The molecule has 31 heavy (non-hydrogen) atoms. The standard InChI is InChI=1S/C25H32N4O2/c1-18(2)25-27-24(31-28-25)11-7-10-23(30)26-16-21-8-5-6-9-22(21)20-14-12-19(13-15-20)17-29(3)4/h5-6,8-9,12-15,18H,7,10-11,16-17H2,1-4H3,(H,26,30). The van der Waals surface area contributed by atoms with Crippen molar-refractivity contribution in [2.24, 2.45) is 0 Å². The van der Waals surface area contributed by atoms with Gasteiger partial charge in [0.15, 0.2) is 5.82 Å². The lowest BCUT2D eigenvalue weighted by Gasteiger charge is -2.13. The molecule has 0 spiro atoms. The SMILES string of the molecule is CC(C)c1noc(CCCC(=O)NCc2ccccc2-c2ccc(CN(C)C)cc2)n1. The molecule has 1 heterocycles. The van der Waals surface area contributed by atoms with Crippen LogP contribution in [0.1, 0.15) is 55.4 Å². The zero-order valence-electron chi connectivity index (χ0n) is 18.9. The van der Waals surface area contributed by atoms with E-state index in [0.29, 0.717) is 37.5 Å². The summed E-state index contributed by atoms with van der Waals surface area (Å²) in [5.74, 6) is 1.58. The molecule has 0 saturated heterocycles. The van der Waals surface area contributed by atoms with E-state index in [1.807, 2.05) is 26.0 Å². The van der Waals surface area contributed by atoms with E-state index in [-0.39, 0.29) is 11.8 Å². The fourth-order valence-electron chi connectivity index (χ4n) is 3.40. The van der Waals surface area contributed by atoms with Gasteiger partial charge < -0.3 is 14.7 Å². The van der Waals surface area contributed by atoms with Crippen LogP contribution in [0.3, 0.4) is 0 Å². The van der Waals surface area contributed by atoms with Gasteiger partial charge in [-0.1, -0.05) is 67.5 Å². The van der Waals surface area contributed by atoms with Crippen LogP contribution in [-0.2, 0) is 24.3 Å². The molecule has 0 atom stereocenters. The molecule has 164 valence electrons. The number of carbonyl (C=O) groups excluding carboxylic acids is 1. The average molecular weight is 421 g/mol. The van der Waals surface area contributed by atoms with Crippen LogP contribution in [0.25, 0.3) is 11.1 Å². The van der Waals surface area contributed by atoms with Crippen molar-refractivity contribution in [3.05, 3.63) is 71.4 Å². The summed E-state index contributed by atoms with van der Waals surface area (Å²) in [6.07, 6.45) is 1.73. The number of amides is 1. The summed E-state index contributed by atoms with van der Waals surface area (Å²) in [5.41, 5.74) is 4.69. The number of hydrogen-bond acceptors (Lipinski definition) is 5. The van der Waals surface area contributed by atoms with E-state index in [1.165, 1.54) is 5.56 Å². The molecular formula is C25H32N4O2. The molecule has 0 radical (unpaired) electrons. The average Bonchev–Trinajstić information content (AvgIpc) is 3.22. The van der Waals surface area contributed by atoms with E-state index in [0.717, 1.165) is 23.2 Å². The maximum absolute atomic E-state index is 12.3. The van der Waals surface area contributed by atoms with Crippen LogP contribution >= 0.6 is 0 Å². The molecule has 0 aliphatic rings. The van der Waals surface area contributed by atoms with Gasteiger partial charge in [0.2, 0.25) is 11.8 Å². The van der Waals surface area contributed by atoms with Crippen LogP contribution in [0.4, 0.5) is 0 Å². The second kappa shape index (κ2) is 10.9. The van der Waals surface area contributed by atoms with Crippen LogP contribution in [0.5, 0.6) is 0 Å². The number of hydrogen-bond donors (Lipinski definition) is 1. The molecule has 1 N–H and O–H groups in total. The molecule has 1 amide bonds. The fourth-order valence-corrected chi connectivity index (χ4v) is 3.40. The Morgan fingerprint density at radius 2 is 1.84 bits per heavy atom. The van der Waals surface area contributed by atoms with E-state index in [1.54, 1.807) is 0 Å². The first-order valence-corrected chi connectivity index (χ1v) is 10.8. The smallest absolute Gasteiger partial charge is 0.226 e. The van der Waals surface area contributed by atoms with Gasteiger partial charge in [-0.2, -0.15) is 4.98 Å². The van der Waals surface area contributed by atoms with Gasteiger partial charge in [0.05, 0.1) is 0 Å². The Bertz CT molecular complexity index is 977. The van der Waals surface area contributed by atoms with E-state index in [2.05, 4.69) is 70.9 Å². The number of nitrogens with zero attached hydrogens (tertiary/aromatic N) is 3. The van der Waals surface area contributed by atoms with Gasteiger partial charge in [-0.05, 0) is 42.8 Å². The zero-order valence-corrected chi connectivity index (χ0v) is 18.9. The highest BCUT2D eigenvalue weighted by Gasteiger charge is 2.11. The number of aryl methyl sites for hydroxylation is 1. The first-order chi connectivity index (χ1) is 14.9. The maximum Gasteiger partial charge on any atom is 0.226 e. The van der Waals surface area contributed by atoms with Crippen molar-refractivity contribution in [1.82, 2.24) is 20.4 Å². The maximum atomic E-state index is 12.3. The molecular weight excluding hydrogens is 388 g/mol. The number of nitrogens with one attached hydrogen (secondary N) is 1. The largest absolute Gasteiger partial charge is 0.352 e. The van der Waals surface area contributed by atoms with Gasteiger partial charge in [-0.15, -0.1) is 0 Å². The van der Waals surface area contributed by atoms with Crippen molar-refractivity contribution in [2.75, 3.05) is 14.1 Å². The molecule has 0 aliphatic heterocycles. The molecule has 0 saturated carbocycles. The first-order valence-electron chi connectivity index (χ1n) is 10.8. The number of carbonyl (C=O) groups is 1. The van der Waals surface area contributed by atoms with Crippen LogP contribution in [0, 0.1) is 0 Å². The van der Waals surface area contributed by atoms with E-state index >= 15 is 0 Å². The summed E-state index contributed by atoms with van der Waals surface area (Å²) in [6.45, 7) is 5.48. The van der Waals surface area contributed by atoms with Crippen molar-refractivity contribution < 1.29 is 9.32 Å². The van der Waals surface area contributed by atoms with Crippen LogP contribution in [0.2, 0.25) is 0 Å². The van der Waals surface area contributed by atoms with Crippen LogP contribution < -0.4 is 5.32 Å². The van der Waals surface area contributed by atoms with Gasteiger partial charge in [0, 0.05) is 31.8 Å². The summed E-state index contributed by atoms with van der Waals surface area (Å²) >= 11 is 0. The molecule has 0 unspecified atom stereocenters. The molecule has 3 rings (SSSR count). The Labute approximate surface area is 184 Å². The highest BCUT2D eigenvalue weighted by atomic mass is 16.5. The number of benzene rings is 2. The van der Waals surface area contributed by atoms with Gasteiger partial charge in [-0.25, -0.2) is 0 Å². The molecule has 0 aliphatic carbocycles. The quantitative estimate of drug-likeness (QED) is 0.521. The lowest BCUT2D eigenvalue weighted by molar-refractivity contribution is -0.121. The van der Waals surface area contributed by atoms with E-state index in [4.69, 9.17) is 4.52 Å². The summed E-state index contributed by atoms with van der Waals surface area (Å²) in [6, 6.07) is 16.8.